The SMILES string of the molecule is CCOC(=O)[C@H](O)[C@H](O)[C@H](O)CO. The van der Waals surface area contributed by atoms with Gasteiger partial charge in [0.15, 0.2) is 6.10 Å². The second-order valence-corrected chi connectivity index (χ2v) is 2.44. The van der Waals surface area contributed by atoms with Crippen molar-refractivity contribution >= 4 is 5.97 Å². The van der Waals surface area contributed by atoms with Gasteiger partial charge in [-0.1, -0.05) is 0 Å². The van der Waals surface area contributed by atoms with E-state index < -0.39 is 30.9 Å². The number of esters is 1. The molecule has 0 aliphatic heterocycles. The lowest BCUT2D eigenvalue weighted by atomic mass is 10.1. The summed E-state index contributed by atoms with van der Waals surface area (Å²) in [6.07, 6.45) is -5.12. The van der Waals surface area contributed by atoms with E-state index in [9.17, 15) is 4.79 Å². The summed E-state index contributed by atoms with van der Waals surface area (Å²) in [7, 11) is 0. The summed E-state index contributed by atoms with van der Waals surface area (Å²) < 4.78 is 4.38. The van der Waals surface area contributed by atoms with Gasteiger partial charge >= 0.3 is 5.97 Å². The van der Waals surface area contributed by atoms with Gasteiger partial charge in [-0.05, 0) is 6.92 Å². The quantitative estimate of drug-likeness (QED) is 0.364. The zero-order chi connectivity index (χ0) is 10.4. The standard InChI is InChI=1S/C7H14O6/c1-2-13-7(12)6(11)5(10)4(9)3-8/h4-6,8-11H,2-3H2,1H3/t4-,5-,6-/m1/s1. The Morgan fingerprint density at radius 3 is 2.31 bits per heavy atom. The number of carbonyl (C=O) groups excluding carboxylic acids is 1. The van der Waals surface area contributed by atoms with Gasteiger partial charge in [-0.15, -0.1) is 0 Å². The van der Waals surface area contributed by atoms with Crippen LogP contribution in [0.4, 0.5) is 0 Å². The van der Waals surface area contributed by atoms with E-state index in [0.717, 1.165) is 0 Å². The fraction of sp³-hybridized carbons (Fsp3) is 0.857. The van der Waals surface area contributed by atoms with Crippen molar-refractivity contribution in [3.05, 3.63) is 0 Å². The first-order chi connectivity index (χ1) is 6.04. The normalized spacial score (nSPS) is 17.6. The first-order valence-corrected chi connectivity index (χ1v) is 3.86. The summed E-state index contributed by atoms with van der Waals surface area (Å²) in [5, 5.41) is 35.3. The molecule has 78 valence electrons. The van der Waals surface area contributed by atoms with Crippen LogP contribution in [0.2, 0.25) is 0 Å². The highest BCUT2D eigenvalue weighted by molar-refractivity contribution is 5.75. The molecule has 0 bridgehead atoms. The molecule has 0 amide bonds. The van der Waals surface area contributed by atoms with E-state index in [1.807, 2.05) is 0 Å². The Morgan fingerprint density at radius 2 is 1.92 bits per heavy atom. The molecule has 0 radical (unpaired) electrons. The predicted octanol–water partition coefficient (Wildman–Crippen LogP) is -2.38. The van der Waals surface area contributed by atoms with E-state index in [0.29, 0.717) is 0 Å². The van der Waals surface area contributed by atoms with Gasteiger partial charge in [-0.3, -0.25) is 0 Å². The number of hydrogen-bond donors (Lipinski definition) is 4. The van der Waals surface area contributed by atoms with E-state index in [4.69, 9.17) is 20.4 Å². The number of hydrogen-bond acceptors (Lipinski definition) is 6. The largest absolute Gasteiger partial charge is 0.464 e. The van der Waals surface area contributed by atoms with E-state index in [1.165, 1.54) is 0 Å². The minimum Gasteiger partial charge on any atom is -0.464 e. The Bertz CT molecular complexity index is 159. The lowest BCUT2D eigenvalue weighted by molar-refractivity contribution is -0.165. The molecule has 3 atom stereocenters. The van der Waals surface area contributed by atoms with Gasteiger partial charge in [0, 0.05) is 0 Å². The maximum atomic E-state index is 10.8. The second kappa shape index (κ2) is 5.87. The molecule has 0 spiro atoms. The molecule has 13 heavy (non-hydrogen) atoms. The third-order valence-electron chi connectivity index (χ3n) is 1.43. The summed E-state index contributed by atoms with van der Waals surface area (Å²) in [5.41, 5.74) is 0. The lowest BCUT2D eigenvalue weighted by Gasteiger charge is -2.19. The first kappa shape index (κ1) is 12.3. The van der Waals surface area contributed by atoms with Crippen LogP contribution in [0.1, 0.15) is 6.92 Å². The summed E-state index contributed by atoms with van der Waals surface area (Å²) in [5.74, 6) is -1.03. The van der Waals surface area contributed by atoms with Crippen LogP contribution in [-0.2, 0) is 9.53 Å². The Hall–Kier alpha value is -0.690. The summed E-state index contributed by atoms with van der Waals surface area (Å²) in [6, 6.07) is 0. The molecule has 4 N–H and O–H groups in total. The molecular formula is C7H14O6. The van der Waals surface area contributed by atoms with Crippen molar-refractivity contribution in [1.82, 2.24) is 0 Å². The minimum atomic E-state index is -1.83. The Labute approximate surface area is 75.4 Å². The van der Waals surface area contributed by atoms with Crippen LogP contribution < -0.4 is 0 Å². The molecule has 0 aromatic heterocycles. The Balaban J connectivity index is 4.07. The van der Waals surface area contributed by atoms with E-state index in [1.54, 1.807) is 6.92 Å². The predicted molar refractivity (Wildman–Crippen MR) is 41.7 cm³/mol. The Morgan fingerprint density at radius 1 is 1.38 bits per heavy atom. The molecule has 0 saturated heterocycles. The average molecular weight is 194 g/mol. The zero-order valence-electron chi connectivity index (χ0n) is 7.25. The minimum absolute atomic E-state index is 0.0673. The van der Waals surface area contributed by atoms with E-state index in [-0.39, 0.29) is 6.61 Å². The molecule has 0 unspecified atom stereocenters. The number of carbonyl (C=O) groups is 1. The monoisotopic (exact) mass is 194 g/mol. The fourth-order valence-corrected chi connectivity index (χ4v) is 0.685. The van der Waals surface area contributed by atoms with Crippen LogP contribution in [0.25, 0.3) is 0 Å². The average Bonchev–Trinajstić information content (AvgIpc) is 2.14. The van der Waals surface area contributed by atoms with E-state index in [2.05, 4.69) is 4.74 Å². The Kier molecular flexibility index (Phi) is 5.56. The van der Waals surface area contributed by atoms with Gasteiger partial charge in [-0.2, -0.15) is 0 Å². The lowest BCUT2D eigenvalue weighted by Crippen LogP contribution is -2.44. The number of ether oxygens (including phenoxy) is 1. The topological polar surface area (TPSA) is 107 Å². The van der Waals surface area contributed by atoms with Gasteiger partial charge in [0.25, 0.3) is 0 Å². The molecule has 0 aromatic rings. The number of rotatable bonds is 5. The van der Waals surface area contributed by atoms with Gasteiger partial charge in [0.2, 0.25) is 0 Å². The molecule has 6 nitrogen and oxygen atoms in total. The van der Waals surface area contributed by atoms with Crippen molar-refractivity contribution in [2.75, 3.05) is 13.2 Å². The third kappa shape index (κ3) is 3.69. The van der Waals surface area contributed by atoms with Crippen molar-refractivity contribution in [2.24, 2.45) is 0 Å². The molecule has 0 saturated carbocycles. The van der Waals surface area contributed by atoms with Crippen molar-refractivity contribution in [2.45, 2.75) is 25.2 Å². The van der Waals surface area contributed by atoms with E-state index >= 15 is 0 Å². The van der Waals surface area contributed by atoms with Crippen LogP contribution in [0.5, 0.6) is 0 Å². The van der Waals surface area contributed by atoms with Gasteiger partial charge in [0.05, 0.1) is 13.2 Å². The van der Waals surface area contributed by atoms with Crippen molar-refractivity contribution in [3.63, 3.8) is 0 Å². The highest BCUT2D eigenvalue weighted by Crippen LogP contribution is 2.01. The second-order valence-electron chi connectivity index (χ2n) is 2.44. The third-order valence-corrected chi connectivity index (χ3v) is 1.43. The molecule has 0 aliphatic carbocycles. The summed E-state index contributed by atoms with van der Waals surface area (Å²) >= 11 is 0. The number of aliphatic hydroxyl groups excluding tert-OH is 4. The molecule has 0 rings (SSSR count). The van der Waals surface area contributed by atoms with Gasteiger partial charge < -0.3 is 25.2 Å². The van der Waals surface area contributed by atoms with Crippen molar-refractivity contribution in [3.8, 4) is 0 Å². The van der Waals surface area contributed by atoms with Crippen LogP contribution in [0.15, 0.2) is 0 Å². The highest BCUT2D eigenvalue weighted by atomic mass is 16.5. The van der Waals surface area contributed by atoms with Gasteiger partial charge in [-0.25, -0.2) is 4.79 Å². The molecular weight excluding hydrogens is 180 g/mol. The summed E-state index contributed by atoms with van der Waals surface area (Å²) in [6.45, 7) is 0.870. The van der Waals surface area contributed by atoms with Crippen LogP contribution in [0.3, 0.4) is 0 Å². The van der Waals surface area contributed by atoms with Crippen LogP contribution >= 0.6 is 0 Å². The maximum absolute atomic E-state index is 10.8. The zero-order valence-corrected chi connectivity index (χ0v) is 7.25. The first-order valence-electron chi connectivity index (χ1n) is 3.86. The van der Waals surface area contributed by atoms with Crippen LogP contribution in [-0.4, -0.2) is 57.9 Å². The maximum Gasteiger partial charge on any atom is 0.337 e. The van der Waals surface area contributed by atoms with Crippen molar-refractivity contribution in [1.29, 1.82) is 0 Å². The smallest absolute Gasteiger partial charge is 0.337 e. The molecule has 0 heterocycles. The van der Waals surface area contributed by atoms with Crippen LogP contribution in [0, 0.1) is 0 Å². The summed E-state index contributed by atoms with van der Waals surface area (Å²) in [4.78, 5) is 10.8. The molecule has 0 aliphatic rings. The van der Waals surface area contributed by atoms with Crippen molar-refractivity contribution < 1.29 is 30.0 Å². The number of aliphatic hydroxyl groups is 4. The van der Waals surface area contributed by atoms with Gasteiger partial charge in [0.1, 0.15) is 12.2 Å². The highest BCUT2D eigenvalue weighted by Gasteiger charge is 2.30. The molecule has 6 heteroatoms. The fourth-order valence-electron chi connectivity index (χ4n) is 0.685. The molecule has 0 aromatic carbocycles. The molecule has 0 fully saturated rings.